The first kappa shape index (κ1) is 23.1. The molecule has 0 atom stereocenters. The van der Waals surface area contributed by atoms with Gasteiger partial charge in [0.1, 0.15) is 17.9 Å². The van der Waals surface area contributed by atoms with Crippen molar-refractivity contribution < 1.29 is 19.1 Å². The summed E-state index contributed by atoms with van der Waals surface area (Å²) < 4.78 is 6.14. The smallest absolute Gasteiger partial charge is 0.335 e. The summed E-state index contributed by atoms with van der Waals surface area (Å²) >= 11 is 0. The minimum atomic E-state index is -0.774. The summed E-state index contributed by atoms with van der Waals surface area (Å²) in [6, 6.07) is 25.7. The van der Waals surface area contributed by atoms with Crippen LogP contribution in [0.4, 0.5) is 10.5 Å². The summed E-state index contributed by atoms with van der Waals surface area (Å²) in [4.78, 5) is 40.0. The van der Waals surface area contributed by atoms with E-state index < -0.39 is 17.8 Å². The lowest BCUT2D eigenvalue weighted by atomic mass is 9.99. The Morgan fingerprint density at radius 1 is 0.833 bits per heavy atom. The van der Waals surface area contributed by atoms with Gasteiger partial charge in [0.2, 0.25) is 0 Å². The van der Waals surface area contributed by atoms with Crippen LogP contribution >= 0.6 is 0 Å². The third-order valence-electron chi connectivity index (χ3n) is 6.31. The maximum atomic E-state index is 13.5. The number of hydrogen-bond donors (Lipinski definition) is 1. The molecule has 0 spiro atoms. The predicted molar refractivity (Wildman–Crippen MR) is 140 cm³/mol. The minimum absolute atomic E-state index is 0.145. The van der Waals surface area contributed by atoms with Gasteiger partial charge >= 0.3 is 6.03 Å². The number of aryl methyl sites for hydroxylation is 2. The van der Waals surface area contributed by atoms with Crippen molar-refractivity contribution in [2.75, 3.05) is 4.90 Å². The average Bonchev–Trinajstić information content (AvgIpc) is 2.88. The monoisotopic (exact) mass is 476 g/mol. The molecule has 1 fully saturated rings. The molecule has 0 aliphatic carbocycles. The van der Waals surface area contributed by atoms with Crippen LogP contribution < -0.4 is 15.0 Å². The maximum Gasteiger partial charge on any atom is 0.335 e. The first-order chi connectivity index (χ1) is 17.4. The second-order valence-corrected chi connectivity index (χ2v) is 8.70. The van der Waals surface area contributed by atoms with Crippen LogP contribution in [-0.4, -0.2) is 17.8 Å². The molecular weight excluding hydrogens is 452 g/mol. The zero-order valence-corrected chi connectivity index (χ0v) is 19.9. The lowest BCUT2D eigenvalue weighted by molar-refractivity contribution is -0.122. The molecule has 0 aromatic heterocycles. The Hall–Kier alpha value is -4.71. The lowest BCUT2D eigenvalue weighted by Gasteiger charge is -2.27. The van der Waals surface area contributed by atoms with E-state index in [1.807, 2.05) is 86.6 Å². The van der Waals surface area contributed by atoms with Gasteiger partial charge in [-0.3, -0.25) is 14.9 Å². The number of benzene rings is 4. The number of hydrogen-bond acceptors (Lipinski definition) is 4. The number of carbonyl (C=O) groups excluding carboxylic acids is 3. The zero-order chi connectivity index (χ0) is 25.2. The predicted octanol–water partition coefficient (Wildman–Crippen LogP) is 5.70. The number of rotatable bonds is 5. The number of imide groups is 2. The van der Waals surface area contributed by atoms with E-state index in [0.717, 1.165) is 32.4 Å². The van der Waals surface area contributed by atoms with Crippen LogP contribution in [0.2, 0.25) is 0 Å². The Morgan fingerprint density at radius 3 is 2.36 bits per heavy atom. The molecule has 6 nitrogen and oxygen atoms in total. The topological polar surface area (TPSA) is 75.7 Å². The highest BCUT2D eigenvalue weighted by molar-refractivity contribution is 6.39. The van der Waals surface area contributed by atoms with E-state index in [-0.39, 0.29) is 5.57 Å². The molecule has 178 valence electrons. The SMILES string of the molecule is Cc1ccc(N2C(=O)NC(=O)/C(=C\c3c(OCc4ccccc4)ccc4ccccc34)C2=O)cc1C. The van der Waals surface area contributed by atoms with Gasteiger partial charge in [-0.25, -0.2) is 9.69 Å². The summed E-state index contributed by atoms with van der Waals surface area (Å²) in [5, 5.41) is 4.06. The molecular formula is C30H24N2O4. The molecule has 4 aromatic rings. The number of urea groups is 1. The van der Waals surface area contributed by atoms with Crippen LogP contribution in [0.1, 0.15) is 22.3 Å². The Kier molecular flexibility index (Phi) is 6.09. The molecule has 1 heterocycles. The van der Waals surface area contributed by atoms with E-state index in [4.69, 9.17) is 4.74 Å². The van der Waals surface area contributed by atoms with Crippen LogP contribution in [0.3, 0.4) is 0 Å². The molecule has 36 heavy (non-hydrogen) atoms. The van der Waals surface area contributed by atoms with E-state index in [0.29, 0.717) is 23.6 Å². The molecule has 1 saturated heterocycles. The van der Waals surface area contributed by atoms with Crippen LogP contribution in [-0.2, 0) is 16.2 Å². The molecule has 1 N–H and O–H groups in total. The van der Waals surface area contributed by atoms with Crippen molar-refractivity contribution in [3.63, 3.8) is 0 Å². The minimum Gasteiger partial charge on any atom is -0.488 e. The standard InChI is InChI=1S/C30H24N2O4/c1-19-12-14-23(16-20(19)2)32-29(34)26(28(33)31-30(32)35)17-25-24-11-7-6-10-22(24)13-15-27(25)36-18-21-8-4-3-5-9-21/h3-17H,18H2,1-2H3,(H,31,33,35)/b26-17+. The highest BCUT2D eigenvalue weighted by atomic mass is 16.5. The van der Waals surface area contributed by atoms with E-state index in [1.165, 1.54) is 6.08 Å². The fourth-order valence-electron chi connectivity index (χ4n) is 4.19. The Labute approximate surface area is 208 Å². The molecule has 0 unspecified atom stereocenters. The highest BCUT2D eigenvalue weighted by Gasteiger charge is 2.37. The number of barbiturate groups is 1. The molecule has 1 aliphatic heterocycles. The van der Waals surface area contributed by atoms with Gasteiger partial charge in [-0.05, 0) is 65.6 Å². The van der Waals surface area contributed by atoms with Gasteiger partial charge in [-0.1, -0.05) is 66.7 Å². The fourth-order valence-corrected chi connectivity index (χ4v) is 4.19. The number of amides is 4. The summed E-state index contributed by atoms with van der Waals surface area (Å²) in [5.41, 5.74) is 3.80. The molecule has 0 radical (unpaired) electrons. The quantitative estimate of drug-likeness (QED) is 0.296. The fraction of sp³-hybridized carbons (Fsp3) is 0.100. The van der Waals surface area contributed by atoms with Crippen molar-refractivity contribution in [2.45, 2.75) is 20.5 Å². The molecule has 0 bridgehead atoms. The average molecular weight is 477 g/mol. The van der Waals surface area contributed by atoms with Gasteiger partial charge in [0.15, 0.2) is 0 Å². The molecule has 4 aromatic carbocycles. The number of fused-ring (bicyclic) bond motifs is 1. The summed E-state index contributed by atoms with van der Waals surface area (Å²) in [7, 11) is 0. The molecule has 1 aliphatic rings. The second-order valence-electron chi connectivity index (χ2n) is 8.70. The van der Waals surface area contributed by atoms with Gasteiger partial charge in [-0.2, -0.15) is 0 Å². The van der Waals surface area contributed by atoms with Gasteiger partial charge in [0.25, 0.3) is 11.8 Å². The van der Waals surface area contributed by atoms with Crippen LogP contribution in [0.25, 0.3) is 16.8 Å². The normalized spacial score (nSPS) is 14.9. The van der Waals surface area contributed by atoms with Crippen LogP contribution in [0.15, 0.2) is 90.5 Å². The Bertz CT molecular complexity index is 1540. The van der Waals surface area contributed by atoms with Gasteiger partial charge < -0.3 is 4.74 Å². The second kappa shape index (κ2) is 9.50. The summed E-state index contributed by atoms with van der Waals surface area (Å²) in [6.07, 6.45) is 1.51. The Balaban J connectivity index is 1.59. The summed E-state index contributed by atoms with van der Waals surface area (Å²) in [5.74, 6) is -0.902. The highest BCUT2D eigenvalue weighted by Crippen LogP contribution is 2.32. The van der Waals surface area contributed by atoms with Gasteiger partial charge in [-0.15, -0.1) is 0 Å². The van der Waals surface area contributed by atoms with Crippen LogP contribution in [0, 0.1) is 13.8 Å². The van der Waals surface area contributed by atoms with Crippen molar-refractivity contribution >= 4 is 40.4 Å². The number of nitrogens with one attached hydrogen (secondary N) is 1. The lowest BCUT2D eigenvalue weighted by Crippen LogP contribution is -2.54. The number of ether oxygens (including phenoxy) is 1. The van der Waals surface area contributed by atoms with Gasteiger partial charge in [0.05, 0.1) is 5.69 Å². The molecule has 4 amide bonds. The van der Waals surface area contributed by atoms with Crippen molar-refractivity contribution in [1.29, 1.82) is 0 Å². The van der Waals surface area contributed by atoms with Crippen molar-refractivity contribution in [3.8, 4) is 5.75 Å². The molecule has 6 heteroatoms. The number of carbonyl (C=O) groups is 3. The first-order valence-electron chi connectivity index (χ1n) is 11.6. The van der Waals surface area contributed by atoms with Crippen molar-refractivity contribution in [2.24, 2.45) is 0 Å². The van der Waals surface area contributed by atoms with Crippen LogP contribution in [0.5, 0.6) is 5.75 Å². The largest absolute Gasteiger partial charge is 0.488 e. The van der Waals surface area contributed by atoms with Gasteiger partial charge in [0, 0.05) is 5.56 Å². The van der Waals surface area contributed by atoms with E-state index in [1.54, 1.807) is 12.1 Å². The number of anilines is 1. The molecule has 0 saturated carbocycles. The van der Waals surface area contributed by atoms with E-state index in [9.17, 15) is 14.4 Å². The third kappa shape index (κ3) is 4.36. The van der Waals surface area contributed by atoms with Crippen molar-refractivity contribution in [3.05, 3.63) is 113 Å². The first-order valence-corrected chi connectivity index (χ1v) is 11.6. The zero-order valence-electron chi connectivity index (χ0n) is 19.9. The van der Waals surface area contributed by atoms with E-state index in [2.05, 4.69) is 5.32 Å². The Morgan fingerprint density at radius 2 is 1.58 bits per heavy atom. The molecule has 5 rings (SSSR count). The third-order valence-corrected chi connectivity index (χ3v) is 6.31. The number of nitrogens with zero attached hydrogens (tertiary/aromatic N) is 1. The maximum absolute atomic E-state index is 13.5. The van der Waals surface area contributed by atoms with E-state index >= 15 is 0 Å². The summed E-state index contributed by atoms with van der Waals surface area (Å²) in [6.45, 7) is 4.17. The van der Waals surface area contributed by atoms with Crippen molar-refractivity contribution in [1.82, 2.24) is 5.32 Å².